The summed E-state index contributed by atoms with van der Waals surface area (Å²) in [5.41, 5.74) is 4.35. The van der Waals surface area contributed by atoms with Crippen LogP contribution in [-0.2, 0) is 4.79 Å². The second-order valence-corrected chi connectivity index (χ2v) is 4.71. The third-order valence-corrected chi connectivity index (χ3v) is 3.02. The molecule has 0 atom stereocenters. The first-order chi connectivity index (χ1) is 11.1. The standard InChI is InChI=1S/C17H16N2O4/c1-12-6-2-4-8-14(12)17(22)19-18-10-13-7-3-5-9-15(13)23-11-16(20)21/h2-10H,11H2,1H3,(H,19,22)(H,20,21)/p-1/b18-10-. The summed E-state index contributed by atoms with van der Waals surface area (Å²) in [6, 6.07) is 13.9. The number of ether oxygens (including phenoxy) is 1. The number of hydrazone groups is 1. The number of nitrogens with one attached hydrogen (secondary N) is 1. The molecule has 0 saturated heterocycles. The van der Waals surface area contributed by atoms with E-state index in [0.717, 1.165) is 5.56 Å². The maximum atomic E-state index is 12.0. The number of rotatable bonds is 6. The van der Waals surface area contributed by atoms with Crippen molar-refractivity contribution in [3.8, 4) is 5.75 Å². The van der Waals surface area contributed by atoms with Crippen molar-refractivity contribution in [3.63, 3.8) is 0 Å². The smallest absolute Gasteiger partial charge is 0.271 e. The highest BCUT2D eigenvalue weighted by Crippen LogP contribution is 2.15. The van der Waals surface area contributed by atoms with E-state index in [1.807, 2.05) is 19.1 Å². The number of carboxylic acid groups (broad SMARTS) is 1. The zero-order valence-electron chi connectivity index (χ0n) is 12.5. The first kappa shape index (κ1) is 16.2. The van der Waals surface area contributed by atoms with Gasteiger partial charge in [-0.1, -0.05) is 30.3 Å². The second-order valence-electron chi connectivity index (χ2n) is 4.71. The van der Waals surface area contributed by atoms with E-state index in [1.165, 1.54) is 6.21 Å². The minimum Gasteiger partial charge on any atom is -0.546 e. The zero-order valence-corrected chi connectivity index (χ0v) is 12.5. The third-order valence-electron chi connectivity index (χ3n) is 3.02. The lowest BCUT2D eigenvalue weighted by Gasteiger charge is -2.09. The van der Waals surface area contributed by atoms with Gasteiger partial charge in [-0.25, -0.2) is 5.43 Å². The normalized spacial score (nSPS) is 10.5. The summed E-state index contributed by atoms with van der Waals surface area (Å²) >= 11 is 0. The van der Waals surface area contributed by atoms with Crippen LogP contribution in [0.25, 0.3) is 0 Å². The van der Waals surface area contributed by atoms with E-state index < -0.39 is 12.6 Å². The zero-order chi connectivity index (χ0) is 16.7. The van der Waals surface area contributed by atoms with Crippen LogP contribution in [-0.4, -0.2) is 24.7 Å². The van der Waals surface area contributed by atoms with Crippen molar-refractivity contribution in [1.29, 1.82) is 0 Å². The summed E-state index contributed by atoms with van der Waals surface area (Å²) in [6.07, 6.45) is 1.39. The molecule has 1 amide bonds. The second kappa shape index (κ2) is 7.74. The molecular formula is C17H15N2O4-. The fourth-order valence-electron chi connectivity index (χ4n) is 1.90. The van der Waals surface area contributed by atoms with Crippen molar-refractivity contribution < 1.29 is 19.4 Å². The number of aliphatic carboxylic acids is 1. The Hall–Kier alpha value is -3.15. The summed E-state index contributed by atoms with van der Waals surface area (Å²) in [7, 11) is 0. The van der Waals surface area contributed by atoms with E-state index in [-0.39, 0.29) is 5.91 Å². The summed E-state index contributed by atoms with van der Waals surface area (Å²) in [6.45, 7) is 1.28. The van der Waals surface area contributed by atoms with Gasteiger partial charge in [-0.15, -0.1) is 0 Å². The number of carbonyl (C=O) groups is 2. The SMILES string of the molecule is Cc1ccccc1C(=O)N/N=C\c1ccccc1OCC(=O)[O-]. The van der Waals surface area contributed by atoms with Gasteiger partial charge in [0.15, 0.2) is 0 Å². The molecular weight excluding hydrogens is 296 g/mol. The van der Waals surface area contributed by atoms with Gasteiger partial charge >= 0.3 is 0 Å². The minimum atomic E-state index is -1.32. The molecule has 0 spiro atoms. The van der Waals surface area contributed by atoms with Gasteiger partial charge in [-0.2, -0.15) is 5.10 Å². The van der Waals surface area contributed by atoms with E-state index in [2.05, 4.69) is 10.5 Å². The fraction of sp³-hybridized carbons (Fsp3) is 0.118. The van der Waals surface area contributed by atoms with E-state index in [0.29, 0.717) is 16.9 Å². The lowest BCUT2D eigenvalue weighted by atomic mass is 10.1. The predicted octanol–water partition coefficient (Wildman–Crippen LogP) is 0.888. The highest BCUT2D eigenvalue weighted by atomic mass is 16.5. The number of hydrogen-bond acceptors (Lipinski definition) is 5. The van der Waals surface area contributed by atoms with Gasteiger partial charge in [0, 0.05) is 11.1 Å². The average Bonchev–Trinajstić information content (AvgIpc) is 2.54. The Morgan fingerprint density at radius 2 is 1.87 bits per heavy atom. The molecule has 0 unspecified atom stereocenters. The Balaban J connectivity index is 2.05. The Bertz CT molecular complexity index is 741. The molecule has 6 nitrogen and oxygen atoms in total. The molecule has 0 aliphatic heterocycles. The molecule has 0 bridgehead atoms. The molecule has 0 heterocycles. The monoisotopic (exact) mass is 311 g/mol. The number of carbonyl (C=O) groups excluding carboxylic acids is 2. The molecule has 0 aromatic heterocycles. The Labute approximate surface area is 133 Å². The molecule has 118 valence electrons. The topological polar surface area (TPSA) is 90.8 Å². The molecule has 2 aromatic carbocycles. The van der Waals surface area contributed by atoms with Gasteiger partial charge < -0.3 is 14.6 Å². The van der Waals surface area contributed by atoms with Crippen LogP contribution in [0.3, 0.4) is 0 Å². The van der Waals surface area contributed by atoms with Crippen LogP contribution >= 0.6 is 0 Å². The van der Waals surface area contributed by atoms with Crippen LogP contribution in [0.15, 0.2) is 53.6 Å². The number of amides is 1. The van der Waals surface area contributed by atoms with Crippen molar-refractivity contribution in [2.45, 2.75) is 6.92 Å². The molecule has 0 fully saturated rings. The quantitative estimate of drug-likeness (QED) is 0.633. The van der Waals surface area contributed by atoms with Gasteiger partial charge in [0.2, 0.25) is 0 Å². The molecule has 2 rings (SSSR count). The van der Waals surface area contributed by atoms with Crippen LogP contribution in [0, 0.1) is 6.92 Å². The van der Waals surface area contributed by atoms with Crippen molar-refractivity contribution in [3.05, 3.63) is 65.2 Å². The minimum absolute atomic E-state index is 0.326. The van der Waals surface area contributed by atoms with Crippen molar-refractivity contribution in [2.24, 2.45) is 5.10 Å². The molecule has 6 heteroatoms. The number of benzene rings is 2. The van der Waals surface area contributed by atoms with Crippen molar-refractivity contribution in [1.82, 2.24) is 5.43 Å². The Morgan fingerprint density at radius 1 is 1.17 bits per heavy atom. The van der Waals surface area contributed by atoms with Crippen LogP contribution in [0.2, 0.25) is 0 Å². The number of hydrogen-bond donors (Lipinski definition) is 1. The van der Waals surface area contributed by atoms with E-state index in [4.69, 9.17) is 4.74 Å². The highest BCUT2D eigenvalue weighted by molar-refractivity contribution is 5.96. The van der Waals surface area contributed by atoms with Gasteiger partial charge in [0.05, 0.1) is 12.2 Å². The Morgan fingerprint density at radius 3 is 2.61 bits per heavy atom. The van der Waals surface area contributed by atoms with Gasteiger partial charge in [0.25, 0.3) is 5.91 Å². The van der Waals surface area contributed by atoms with Gasteiger partial charge in [-0.05, 0) is 30.7 Å². The van der Waals surface area contributed by atoms with Gasteiger partial charge in [0.1, 0.15) is 12.4 Å². The van der Waals surface area contributed by atoms with E-state index in [9.17, 15) is 14.7 Å². The molecule has 0 saturated carbocycles. The van der Waals surface area contributed by atoms with Crippen molar-refractivity contribution >= 4 is 18.1 Å². The third kappa shape index (κ3) is 4.67. The summed E-state index contributed by atoms with van der Waals surface area (Å²) < 4.78 is 5.09. The summed E-state index contributed by atoms with van der Waals surface area (Å²) in [5.74, 6) is -1.30. The highest BCUT2D eigenvalue weighted by Gasteiger charge is 2.06. The van der Waals surface area contributed by atoms with Crippen LogP contribution in [0.5, 0.6) is 5.75 Å². The van der Waals surface area contributed by atoms with E-state index >= 15 is 0 Å². The summed E-state index contributed by atoms with van der Waals surface area (Å²) in [5, 5.41) is 14.3. The lowest BCUT2D eigenvalue weighted by molar-refractivity contribution is -0.307. The molecule has 0 radical (unpaired) electrons. The van der Waals surface area contributed by atoms with Crippen LogP contribution in [0.1, 0.15) is 21.5 Å². The first-order valence-corrected chi connectivity index (χ1v) is 6.88. The average molecular weight is 311 g/mol. The molecule has 0 aliphatic carbocycles. The Kier molecular flexibility index (Phi) is 5.46. The fourth-order valence-corrected chi connectivity index (χ4v) is 1.90. The first-order valence-electron chi connectivity index (χ1n) is 6.88. The largest absolute Gasteiger partial charge is 0.546 e. The maximum Gasteiger partial charge on any atom is 0.271 e. The van der Waals surface area contributed by atoms with Crippen LogP contribution in [0.4, 0.5) is 0 Å². The number of nitrogens with zero attached hydrogens (tertiary/aromatic N) is 1. The van der Waals surface area contributed by atoms with Gasteiger partial charge in [-0.3, -0.25) is 4.79 Å². The van der Waals surface area contributed by atoms with Crippen LogP contribution < -0.4 is 15.3 Å². The van der Waals surface area contributed by atoms with E-state index in [1.54, 1.807) is 36.4 Å². The maximum absolute atomic E-state index is 12.0. The molecule has 0 aliphatic rings. The lowest BCUT2D eigenvalue weighted by Crippen LogP contribution is -2.29. The molecule has 1 N–H and O–H groups in total. The number of para-hydroxylation sites is 1. The predicted molar refractivity (Wildman–Crippen MR) is 83.2 cm³/mol. The number of aryl methyl sites for hydroxylation is 1. The molecule has 2 aromatic rings. The molecule has 23 heavy (non-hydrogen) atoms. The summed E-state index contributed by atoms with van der Waals surface area (Å²) in [4.78, 5) is 22.5. The van der Waals surface area contributed by atoms with Crippen molar-refractivity contribution in [2.75, 3.05) is 6.61 Å². The number of carboxylic acids is 1.